The number of hydrogen-bond acceptors (Lipinski definition) is 8. The highest BCUT2D eigenvalue weighted by Gasteiger charge is 2.35. The lowest BCUT2D eigenvalue weighted by atomic mass is 9.89. The number of carbonyl (C=O) groups excluding carboxylic acids is 2. The number of aromatic nitrogens is 2. The topological polar surface area (TPSA) is 110 Å². The first-order valence-corrected chi connectivity index (χ1v) is 15.2. The van der Waals surface area contributed by atoms with E-state index in [1.165, 1.54) is 4.31 Å². The highest BCUT2D eigenvalue weighted by Crippen LogP contribution is 2.39. The van der Waals surface area contributed by atoms with E-state index < -0.39 is 15.9 Å². The highest BCUT2D eigenvalue weighted by atomic mass is 32.2. The van der Waals surface area contributed by atoms with Gasteiger partial charge in [0.15, 0.2) is 0 Å². The summed E-state index contributed by atoms with van der Waals surface area (Å²) in [7, 11) is -2.18. The fraction of sp³-hybridized carbons (Fsp3) is 0.357. The van der Waals surface area contributed by atoms with E-state index in [1.807, 2.05) is 30.3 Å². The Kier molecular flexibility index (Phi) is 6.92. The number of sulfonamides is 1. The summed E-state index contributed by atoms with van der Waals surface area (Å²) in [4.78, 5) is 28.6. The largest absolute Gasteiger partial charge is 0.385 e. The second kappa shape index (κ2) is 10.4. The SMILES string of the molecule is COCCCN1C(=O)c2cccc3c(CC(=O)C4CCCN(S(=O)(=O)c5cccc6nsnc56)C4)ccc1c23. The van der Waals surface area contributed by atoms with Crippen LogP contribution in [0.1, 0.15) is 35.2 Å². The molecule has 3 heterocycles. The van der Waals surface area contributed by atoms with Crippen LogP contribution < -0.4 is 4.90 Å². The Hall–Kier alpha value is -3.25. The van der Waals surface area contributed by atoms with E-state index in [2.05, 4.69) is 8.75 Å². The molecule has 3 aromatic carbocycles. The molecule has 1 unspecified atom stereocenters. The van der Waals surface area contributed by atoms with Crippen LogP contribution in [0.4, 0.5) is 5.69 Å². The third-order valence-electron chi connectivity index (χ3n) is 7.68. The third-order valence-corrected chi connectivity index (χ3v) is 10.1. The fourth-order valence-corrected chi connectivity index (χ4v) is 8.01. The Morgan fingerprint density at radius 3 is 2.82 bits per heavy atom. The van der Waals surface area contributed by atoms with E-state index >= 15 is 0 Å². The van der Waals surface area contributed by atoms with Crippen molar-refractivity contribution >= 4 is 60.9 Å². The molecular formula is C28H28N4O5S2. The zero-order valence-corrected chi connectivity index (χ0v) is 23.1. The number of fused-ring (bicyclic) bond motifs is 1. The van der Waals surface area contributed by atoms with Crippen molar-refractivity contribution in [1.82, 2.24) is 13.1 Å². The Balaban J connectivity index is 1.24. The quantitative estimate of drug-likeness (QED) is 0.282. The third kappa shape index (κ3) is 4.53. The number of anilines is 1. The van der Waals surface area contributed by atoms with E-state index in [-0.39, 0.29) is 29.6 Å². The van der Waals surface area contributed by atoms with Gasteiger partial charge in [0.05, 0.1) is 17.4 Å². The lowest BCUT2D eigenvalue weighted by molar-refractivity contribution is -0.123. The molecule has 0 spiro atoms. The minimum absolute atomic E-state index is 0.00501. The van der Waals surface area contributed by atoms with Gasteiger partial charge in [-0.05, 0) is 54.5 Å². The van der Waals surface area contributed by atoms with Crippen LogP contribution in [-0.4, -0.2) is 66.5 Å². The van der Waals surface area contributed by atoms with Gasteiger partial charge in [-0.3, -0.25) is 9.59 Å². The van der Waals surface area contributed by atoms with Gasteiger partial charge in [0.1, 0.15) is 21.7 Å². The van der Waals surface area contributed by atoms with Crippen molar-refractivity contribution in [3.05, 3.63) is 59.7 Å². The first-order chi connectivity index (χ1) is 18.9. The number of hydrogen-bond donors (Lipinski definition) is 0. The lowest BCUT2D eigenvalue weighted by Crippen LogP contribution is -2.42. The van der Waals surface area contributed by atoms with E-state index in [0.717, 1.165) is 40.2 Å². The summed E-state index contributed by atoms with van der Waals surface area (Å²) in [5, 5.41) is 1.77. The van der Waals surface area contributed by atoms with Crippen LogP contribution in [0, 0.1) is 5.92 Å². The molecule has 2 aliphatic rings. The van der Waals surface area contributed by atoms with Gasteiger partial charge >= 0.3 is 0 Å². The van der Waals surface area contributed by atoms with Gasteiger partial charge in [-0.2, -0.15) is 13.1 Å². The van der Waals surface area contributed by atoms with Gasteiger partial charge in [0, 0.05) is 56.6 Å². The zero-order chi connectivity index (χ0) is 27.1. The molecule has 39 heavy (non-hydrogen) atoms. The number of piperidine rings is 1. The minimum atomic E-state index is -3.82. The molecule has 1 fully saturated rings. The second-order valence-electron chi connectivity index (χ2n) is 10.0. The fourth-order valence-electron chi connectivity index (χ4n) is 5.73. The van der Waals surface area contributed by atoms with Crippen LogP contribution in [0.15, 0.2) is 53.4 Å². The molecule has 1 aromatic heterocycles. The zero-order valence-electron chi connectivity index (χ0n) is 21.5. The molecule has 2 aliphatic heterocycles. The predicted octanol–water partition coefficient (Wildman–Crippen LogP) is 4.05. The van der Waals surface area contributed by atoms with Crippen molar-refractivity contribution < 1.29 is 22.7 Å². The van der Waals surface area contributed by atoms with Crippen LogP contribution in [-0.2, 0) is 26.0 Å². The number of Topliss-reactive ketones (excluding diaryl/α,β-unsaturated/α-hetero) is 1. The summed E-state index contributed by atoms with van der Waals surface area (Å²) < 4.78 is 42.0. The second-order valence-corrected chi connectivity index (χ2v) is 12.4. The van der Waals surface area contributed by atoms with Crippen LogP contribution in [0.5, 0.6) is 0 Å². The summed E-state index contributed by atoms with van der Waals surface area (Å²) in [5.41, 5.74) is 3.28. The van der Waals surface area contributed by atoms with Gasteiger partial charge in [-0.15, -0.1) is 0 Å². The number of carbonyl (C=O) groups is 2. The average Bonchev–Trinajstić information content (AvgIpc) is 3.54. The van der Waals surface area contributed by atoms with Crippen molar-refractivity contribution in [2.75, 3.05) is 38.3 Å². The first-order valence-electron chi connectivity index (χ1n) is 13.0. The molecule has 202 valence electrons. The molecule has 1 atom stereocenters. The number of ether oxygens (including phenoxy) is 1. The number of nitrogens with zero attached hydrogens (tertiary/aromatic N) is 4. The van der Waals surface area contributed by atoms with Gasteiger partial charge in [0.2, 0.25) is 10.0 Å². The molecule has 0 aliphatic carbocycles. The molecule has 9 nitrogen and oxygen atoms in total. The van der Waals surface area contributed by atoms with Crippen LogP contribution in [0.2, 0.25) is 0 Å². The normalized spacial score (nSPS) is 17.9. The number of benzene rings is 3. The van der Waals surface area contributed by atoms with Crippen molar-refractivity contribution in [3.63, 3.8) is 0 Å². The van der Waals surface area contributed by atoms with Crippen molar-refractivity contribution in [1.29, 1.82) is 0 Å². The first kappa shape index (κ1) is 26.0. The van der Waals surface area contributed by atoms with Gasteiger partial charge in [-0.25, -0.2) is 8.42 Å². The average molecular weight is 565 g/mol. The number of rotatable bonds is 9. The monoisotopic (exact) mass is 564 g/mol. The van der Waals surface area contributed by atoms with Crippen LogP contribution >= 0.6 is 11.7 Å². The maximum absolute atomic E-state index is 13.5. The van der Waals surface area contributed by atoms with Crippen molar-refractivity contribution in [2.24, 2.45) is 5.92 Å². The Labute approximate surface area is 230 Å². The van der Waals surface area contributed by atoms with E-state index in [9.17, 15) is 18.0 Å². The molecule has 11 heteroatoms. The van der Waals surface area contributed by atoms with E-state index in [1.54, 1.807) is 30.2 Å². The predicted molar refractivity (Wildman–Crippen MR) is 150 cm³/mol. The maximum atomic E-state index is 13.5. The molecule has 1 saturated heterocycles. The van der Waals surface area contributed by atoms with Gasteiger partial charge in [-0.1, -0.05) is 24.3 Å². The van der Waals surface area contributed by atoms with Crippen LogP contribution in [0.3, 0.4) is 0 Å². The maximum Gasteiger partial charge on any atom is 0.258 e. The van der Waals surface area contributed by atoms with Gasteiger partial charge in [0.25, 0.3) is 5.91 Å². The summed E-state index contributed by atoms with van der Waals surface area (Å²) in [5.74, 6) is -0.435. The van der Waals surface area contributed by atoms with Gasteiger partial charge < -0.3 is 9.64 Å². The molecule has 0 bridgehead atoms. The van der Waals surface area contributed by atoms with Crippen molar-refractivity contribution in [2.45, 2.75) is 30.6 Å². The molecule has 1 amide bonds. The molecule has 4 aromatic rings. The summed E-state index contributed by atoms with van der Waals surface area (Å²) in [6, 6.07) is 14.5. The molecule has 0 N–H and O–H groups in total. The van der Waals surface area contributed by atoms with E-state index in [0.29, 0.717) is 49.1 Å². The highest BCUT2D eigenvalue weighted by molar-refractivity contribution is 7.89. The summed E-state index contributed by atoms with van der Waals surface area (Å²) >= 11 is 0.982. The Morgan fingerprint density at radius 1 is 1.13 bits per heavy atom. The molecular weight excluding hydrogens is 536 g/mol. The minimum Gasteiger partial charge on any atom is -0.385 e. The standard InChI is InChI=1S/C28H28N4O5S2/c1-37-15-5-14-32-23-12-11-18(20-7-2-8-21(26(20)23)28(32)34)16-24(33)19-6-4-13-31(17-19)39(35,36)25-10-3-9-22-27(25)30-38-29-22/h2-3,7-12,19H,4-6,13-17H2,1H3. The number of amides is 1. The molecule has 0 radical (unpaired) electrons. The number of ketones is 1. The van der Waals surface area contributed by atoms with Crippen molar-refractivity contribution in [3.8, 4) is 0 Å². The number of methoxy groups -OCH3 is 1. The molecule has 6 rings (SSSR count). The summed E-state index contributed by atoms with van der Waals surface area (Å²) in [6.07, 6.45) is 2.16. The van der Waals surface area contributed by atoms with Crippen LogP contribution in [0.25, 0.3) is 21.8 Å². The Bertz CT molecular complexity index is 1700. The smallest absolute Gasteiger partial charge is 0.258 e. The lowest BCUT2D eigenvalue weighted by Gasteiger charge is -2.31. The summed E-state index contributed by atoms with van der Waals surface area (Å²) in [6.45, 7) is 1.63. The van der Waals surface area contributed by atoms with E-state index in [4.69, 9.17) is 4.74 Å². The molecule has 0 saturated carbocycles. The Morgan fingerprint density at radius 2 is 1.97 bits per heavy atom.